The fourth-order valence-corrected chi connectivity index (χ4v) is 5.15. The van der Waals surface area contributed by atoms with Crippen molar-refractivity contribution in [3.8, 4) is 22.5 Å². The van der Waals surface area contributed by atoms with Crippen LogP contribution in [0.4, 0.5) is 16.5 Å². The van der Waals surface area contributed by atoms with Crippen LogP contribution in [0.25, 0.3) is 32.7 Å². The maximum Gasteiger partial charge on any atom is 0.270 e. The Bertz CT molecular complexity index is 1560. The second-order valence-corrected chi connectivity index (χ2v) is 9.42. The topological polar surface area (TPSA) is 124 Å². The SMILES string of the molecule is Cc1ccc(-c2ccc3c(N)c(C(=O)Nc4nc(-c5cccc([N+](=O)[O-])c5)cs4)sc3n2)cc1. The van der Waals surface area contributed by atoms with E-state index in [2.05, 4.69) is 10.3 Å². The van der Waals surface area contributed by atoms with Gasteiger partial charge in [0.15, 0.2) is 5.13 Å². The molecule has 0 unspecified atom stereocenters. The number of benzene rings is 2. The number of thiazole rings is 1. The second kappa shape index (κ2) is 8.65. The molecule has 0 fully saturated rings. The molecule has 34 heavy (non-hydrogen) atoms. The number of aromatic nitrogens is 2. The lowest BCUT2D eigenvalue weighted by atomic mass is 10.1. The van der Waals surface area contributed by atoms with Gasteiger partial charge in [-0.05, 0) is 19.1 Å². The van der Waals surface area contributed by atoms with Crippen LogP contribution in [0.3, 0.4) is 0 Å². The number of nitrogen functional groups attached to an aromatic ring is 1. The number of rotatable bonds is 5. The van der Waals surface area contributed by atoms with Gasteiger partial charge in [0.1, 0.15) is 9.71 Å². The summed E-state index contributed by atoms with van der Waals surface area (Å²) in [6, 6.07) is 18.0. The zero-order valence-corrected chi connectivity index (χ0v) is 19.4. The van der Waals surface area contributed by atoms with Crippen LogP contribution in [-0.4, -0.2) is 20.8 Å². The molecule has 0 aliphatic heterocycles. The number of anilines is 2. The van der Waals surface area contributed by atoms with E-state index >= 15 is 0 Å². The van der Waals surface area contributed by atoms with E-state index < -0.39 is 4.92 Å². The zero-order chi connectivity index (χ0) is 23.8. The predicted octanol–water partition coefficient (Wildman–Crippen LogP) is 6.14. The number of carbonyl (C=O) groups excluding carboxylic acids is 1. The first kappa shape index (κ1) is 21.7. The Kier molecular flexibility index (Phi) is 5.52. The summed E-state index contributed by atoms with van der Waals surface area (Å²) in [5.74, 6) is -0.377. The van der Waals surface area contributed by atoms with Gasteiger partial charge in [0.05, 0.1) is 22.0 Å². The average molecular weight is 488 g/mol. The Morgan fingerprint density at radius 3 is 2.59 bits per heavy atom. The number of nitrogens with two attached hydrogens (primary N) is 1. The number of hydrogen-bond acceptors (Lipinski definition) is 8. The highest BCUT2D eigenvalue weighted by Gasteiger charge is 2.19. The van der Waals surface area contributed by atoms with Crippen LogP contribution in [0.1, 0.15) is 15.2 Å². The van der Waals surface area contributed by atoms with Crippen molar-refractivity contribution in [3.63, 3.8) is 0 Å². The number of carbonyl (C=O) groups is 1. The molecule has 3 N–H and O–H groups in total. The van der Waals surface area contributed by atoms with Gasteiger partial charge >= 0.3 is 0 Å². The van der Waals surface area contributed by atoms with E-state index in [0.29, 0.717) is 31.8 Å². The summed E-state index contributed by atoms with van der Waals surface area (Å²) in [5, 5.41) is 16.6. The van der Waals surface area contributed by atoms with Crippen molar-refractivity contribution < 1.29 is 9.72 Å². The van der Waals surface area contributed by atoms with Crippen molar-refractivity contribution in [1.82, 2.24) is 9.97 Å². The van der Waals surface area contributed by atoms with Gasteiger partial charge in [0, 0.05) is 34.0 Å². The number of nitro groups is 1. The maximum atomic E-state index is 13.0. The lowest BCUT2D eigenvalue weighted by Crippen LogP contribution is -2.11. The first-order valence-electron chi connectivity index (χ1n) is 10.2. The standard InChI is InChI=1S/C24H17N5O3S2/c1-13-5-7-14(8-6-13)18-10-9-17-20(25)21(34-23(17)26-18)22(30)28-24-27-19(12-33-24)15-3-2-4-16(11-15)29(31)32/h2-12H,25H2,1H3,(H,27,28,30). The molecule has 3 heterocycles. The van der Waals surface area contributed by atoms with Gasteiger partial charge in [-0.2, -0.15) is 0 Å². The number of hydrogen-bond donors (Lipinski definition) is 2. The van der Waals surface area contributed by atoms with Crippen LogP contribution >= 0.6 is 22.7 Å². The monoisotopic (exact) mass is 487 g/mol. The largest absolute Gasteiger partial charge is 0.397 e. The molecule has 0 bridgehead atoms. The van der Waals surface area contributed by atoms with Gasteiger partial charge in [-0.25, -0.2) is 9.97 Å². The molecule has 10 heteroatoms. The number of nitrogens with zero attached hydrogens (tertiary/aromatic N) is 3. The lowest BCUT2D eigenvalue weighted by Gasteiger charge is -2.02. The number of amides is 1. The smallest absolute Gasteiger partial charge is 0.270 e. The van der Waals surface area contributed by atoms with Crippen molar-refractivity contribution >= 4 is 55.3 Å². The van der Waals surface area contributed by atoms with E-state index in [1.165, 1.54) is 40.4 Å². The Labute approximate surface area is 201 Å². The van der Waals surface area contributed by atoms with E-state index in [1.807, 2.05) is 43.3 Å². The molecule has 8 nitrogen and oxygen atoms in total. The Morgan fingerprint density at radius 2 is 1.82 bits per heavy atom. The minimum atomic E-state index is -0.457. The van der Waals surface area contributed by atoms with Gasteiger partial charge < -0.3 is 5.73 Å². The molecule has 0 atom stereocenters. The fraction of sp³-hybridized carbons (Fsp3) is 0.0417. The second-order valence-electron chi connectivity index (χ2n) is 7.56. The highest BCUT2D eigenvalue weighted by Crippen LogP contribution is 2.35. The minimum Gasteiger partial charge on any atom is -0.397 e. The fourth-order valence-electron chi connectivity index (χ4n) is 3.45. The number of nitrogens with one attached hydrogen (secondary N) is 1. The molecular weight excluding hydrogens is 470 g/mol. The third kappa shape index (κ3) is 4.12. The van der Waals surface area contributed by atoms with Crippen LogP contribution in [0.5, 0.6) is 0 Å². The minimum absolute atomic E-state index is 0.0216. The molecule has 0 radical (unpaired) electrons. The van der Waals surface area contributed by atoms with Gasteiger partial charge in [-0.1, -0.05) is 42.0 Å². The highest BCUT2D eigenvalue weighted by molar-refractivity contribution is 7.21. The molecule has 0 spiro atoms. The first-order valence-corrected chi connectivity index (χ1v) is 11.9. The van der Waals surface area contributed by atoms with Gasteiger partial charge in [-0.3, -0.25) is 20.2 Å². The zero-order valence-electron chi connectivity index (χ0n) is 17.8. The molecule has 3 aromatic heterocycles. The molecule has 168 valence electrons. The quantitative estimate of drug-likeness (QED) is 0.227. The van der Waals surface area contributed by atoms with E-state index in [1.54, 1.807) is 17.5 Å². The van der Waals surface area contributed by atoms with Crippen LogP contribution in [0.15, 0.2) is 66.0 Å². The van der Waals surface area contributed by atoms with Gasteiger partial charge in [-0.15, -0.1) is 22.7 Å². The van der Waals surface area contributed by atoms with E-state index in [-0.39, 0.29) is 11.6 Å². The summed E-state index contributed by atoms with van der Waals surface area (Å²) in [6.07, 6.45) is 0. The normalized spacial score (nSPS) is 11.0. The van der Waals surface area contributed by atoms with Crippen LogP contribution in [0.2, 0.25) is 0 Å². The molecule has 5 aromatic rings. The molecule has 0 saturated heterocycles. The Hall–Kier alpha value is -4.15. The van der Waals surface area contributed by atoms with Gasteiger partial charge in [0.2, 0.25) is 0 Å². The van der Waals surface area contributed by atoms with Crippen molar-refractivity contribution in [2.45, 2.75) is 6.92 Å². The van der Waals surface area contributed by atoms with E-state index in [9.17, 15) is 14.9 Å². The number of pyridine rings is 1. The Morgan fingerprint density at radius 1 is 1.03 bits per heavy atom. The van der Waals surface area contributed by atoms with Gasteiger partial charge in [0.25, 0.3) is 11.6 Å². The first-order chi connectivity index (χ1) is 16.4. The summed E-state index contributed by atoms with van der Waals surface area (Å²) in [6.45, 7) is 2.03. The Balaban J connectivity index is 1.40. The maximum absolute atomic E-state index is 13.0. The molecule has 0 saturated carbocycles. The predicted molar refractivity (Wildman–Crippen MR) is 136 cm³/mol. The van der Waals surface area contributed by atoms with Crippen LogP contribution in [0, 0.1) is 17.0 Å². The molecule has 0 aliphatic rings. The molecule has 2 aromatic carbocycles. The van der Waals surface area contributed by atoms with Crippen LogP contribution < -0.4 is 11.1 Å². The summed E-state index contributed by atoms with van der Waals surface area (Å²) in [4.78, 5) is 33.7. The summed E-state index contributed by atoms with van der Waals surface area (Å²) in [7, 11) is 0. The number of thiophene rings is 1. The molecule has 5 rings (SSSR count). The number of non-ortho nitro benzene ring substituents is 1. The number of nitro benzene ring substituents is 1. The lowest BCUT2D eigenvalue weighted by molar-refractivity contribution is -0.384. The average Bonchev–Trinajstić information content (AvgIpc) is 3.44. The third-order valence-corrected chi connectivity index (χ3v) is 7.10. The van der Waals surface area contributed by atoms with Crippen LogP contribution in [-0.2, 0) is 0 Å². The van der Waals surface area contributed by atoms with Crippen molar-refractivity contribution in [3.05, 3.63) is 86.6 Å². The molecular formula is C24H17N5O3S2. The van der Waals surface area contributed by atoms with Crippen molar-refractivity contribution in [2.75, 3.05) is 11.1 Å². The number of fused-ring (bicyclic) bond motifs is 1. The van der Waals surface area contributed by atoms with E-state index in [4.69, 9.17) is 10.7 Å². The molecule has 0 aliphatic carbocycles. The molecule has 1 amide bonds. The third-order valence-electron chi connectivity index (χ3n) is 5.22. The van der Waals surface area contributed by atoms with E-state index in [0.717, 1.165) is 16.6 Å². The summed E-state index contributed by atoms with van der Waals surface area (Å²) < 4.78 is 0. The number of aryl methyl sites for hydroxylation is 1. The van der Waals surface area contributed by atoms with Crippen molar-refractivity contribution in [2.24, 2.45) is 0 Å². The summed E-state index contributed by atoms with van der Waals surface area (Å²) >= 11 is 2.46. The van der Waals surface area contributed by atoms with Crippen molar-refractivity contribution in [1.29, 1.82) is 0 Å². The summed E-state index contributed by atoms with van der Waals surface area (Å²) in [5.41, 5.74) is 10.7. The highest BCUT2D eigenvalue weighted by atomic mass is 32.1.